The van der Waals surface area contributed by atoms with Gasteiger partial charge >= 0.3 is 29.6 Å². The second-order valence-electron chi connectivity index (χ2n) is 3.22. The Kier molecular flexibility index (Phi) is 8.41. The third-order valence-corrected chi connectivity index (χ3v) is 2.48. The van der Waals surface area contributed by atoms with E-state index < -0.39 is 0 Å². The number of aromatic nitrogens is 2. The SMILES string of the molecule is CC(N)c1cnc2ccc(Br)cc2n1.[BH3-]C#N.[Na+]. The van der Waals surface area contributed by atoms with Crippen molar-refractivity contribution in [1.29, 1.82) is 5.26 Å². The Morgan fingerprint density at radius 3 is 2.61 bits per heavy atom. The minimum Gasteiger partial charge on any atom is -0.323 e. The summed E-state index contributed by atoms with van der Waals surface area (Å²) in [5, 5.41) is 7.43. The molecule has 0 saturated heterocycles. The number of hydrogen-bond acceptors (Lipinski definition) is 4. The Bertz CT molecular complexity index is 556. The van der Waals surface area contributed by atoms with E-state index >= 15 is 0 Å². The largest absolute Gasteiger partial charge is 1.00 e. The smallest absolute Gasteiger partial charge is 0.323 e. The summed E-state index contributed by atoms with van der Waals surface area (Å²) in [4.78, 5) is 8.70. The minimum absolute atomic E-state index is 0. The van der Waals surface area contributed by atoms with Crippen LogP contribution in [0.2, 0.25) is 0 Å². The van der Waals surface area contributed by atoms with Crippen LogP contribution < -0.4 is 35.3 Å². The van der Waals surface area contributed by atoms with Crippen LogP contribution in [0.3, 0.4) is 0 Å². The standard InChI is InChI=1S/C10H10BrN3.CH3BN.Na/c1-6(12)10-5-13-8-3-2-7(11)4-9(8)14-10;2-1-3;/h2-6H,12H2,1H3;2H3;/q;-1;+1. The predicted molar refractivity (Wildman–Crippen MR) is 75.4 cm³/mol. The normalized spacial score (nSPS) is 10.6. The average Bonchev–Trinajstić information content (AvgIpc) is 2.29. The van der Waals surface area contributed by atoms with Crippen molar-refractivity contribution in [3.8, 4) is 5.97 Å². The van der Waals surface area contributed by atoms with E-state index in [1.807, 2.05) is 31.1 Å². The zero-order chi connectivity index (χ0) is 12.8. The summed E-state index contributed by atoms with van der Waals surface area (Å²) in [7, 11) is 0.0694. The fourth-order valence-electron chi connectivity index (χ4n) is 1.22. The van der Waals surface area contributed by atoms with Gasteiger partial charge in [-0.2, -0.15) is 5.97 Å². The molecule has 88 valence electrons. The van der Waals surface area contributed by atoms with Crippen molar-refractivity contribution in [3.63, 3.8) is 0 Å². The second-order valence-corrected chi connectivity index (χ2v) is 4.13. The first-order valence-corrected chi connectivity index (χ1v) is 5.36. The van der Waals surface area contributed by atoms with E-state index in [2.05, 4.69) is 25.9 Å². The summed E-state index contributed by atoms with van der Waals surface area (Å²) in [5.41, 5.74) is 8.30. The summed E-state index contributed by atoms with van der Waals surface area (Å²) < 4.78 is 1.00. The van der Waals surface area contributed by atoms with Gasteiger partial charge in [0.1, 0.15) is 0 Å². The molecule has 0 saturated carbocycles. The van der Waals surface area contributed by atoms with Crippen molar-refractivity contribution in [3.05, 3.63) is 34.6 Å². The molecule has 0 fully saturated rings. The van der Waals surface area contributed by atoms with E-state index in [1.54, 1.807) is 6.20 Å². The van der Waals surface area contributed by atoms with Gasteiger partial charge in [0.25, 0.3) is 0 Å². The first-order chi connectivity index (χ1) is 8.08. The number of hydrogen-bond donors (Lipinski definition) is 1. The molecule has 18 heavy (non-hydrogen) atoms. The zero-order valence-corrected chi connectivity index (χ0v) is 13.3. The number of fused-ring (bicyclic) bond motifs is 1. The van der Waals surface area contributed by atoms with Crippen LogP contribution in [0.15, 0.2) is 28.9 Å². The van der Waals surface area contributed by atoms with Crippen molar-refractivity contribution in [2.75, 3.05) is 0 Å². The fraction of sp³-hybridized carbons (Fsp3) is 0.182. The van der Waals surface area contributed by atoms with Crippen LogP contribution in [-0.2, 0) is 0 Å². The Balaban J connectivity index is 0.000000660. The molecule has 0 amide bonds. The molecule has 0 aliphatic heterocycles. The number of benzene rings is 1. The van der Waals surface area contributed by atoms with Crippen LogP contribution in [0.4, 0.5) is 0 Å². The monoisotopic (exact) mass is 314 g/mol. The van der Waals surface area contributed by atoms with E-state index in [4.69, 9.17) is 11.0 Å². The summed E-state index contributed by atoms with van der Waals surface area (Å²) in [5.74, 6) is 2.00. The van der Waals surface area contributed by atoms with Crippen LogP contribution in [0.1, 0.15) is 18.7 Å². The fourth-order valence-corrected chi connectivity index (χ4v) is 1.57. The van der Waals surface area contributed by atoms with Gasteiger partial charge in [0, 0.05) is 10.5 Å². The summed E-state index contributed by atoms with van der Waals surface area (Å²) >= 11 is 3.39. The molecule has 4 nitrogen and oxygen atoms in total. The molecule has 1 heterocycles. The third-order valence-electron chi connectivity index (χ3n) is 1.99. The first kappa shape index (κ1) is 17.6. The molecule has 1 aromatic heterocycles. The van der Waals surface area contributed by atoms with Crippen LogP contribution in [-0.4, -0.2) is 17.8 Å². The van der Waals surface area contributed by atoms with Crippen molar-refractivity contribution in [2.24, 2.45) is 5.73 Å². The quantitative estimate of drug-likeness (QED) is 0.633. The van der Waals surface area contributed by atoms with Crippen LogP contribution in [0.25, 0.3) is 11.0 Å². The van der Waals surface area contributed by atoms with Crippen LogP contribution in [0.5, 0.6) is 0 Å². The molecule has 0 aliphatic carbocycles. The molecule has 2 rings (SSSR count). The van der Waals surface area contributed by atoms with Gasteiger partial charge < -0.3 is 5.73 Å². The summed E-state index contributed by atoms with van der Waals surface area (Å²) in [6, 6.07) is 5.74. The molecule has 2 N–H and O–H groups in total. The van der Waals surface area contributed by atoms with Gasteiger partial charge in [-0.3, -0.25) is 10.2 Å². The van der Waals surface area contributed by atoms with Crippen LogP contribution >= 0.6 is 15.9 Å². The predicted octanol–water partition coefficient (Wildman–Crippen LogP) is -1.75. The molecule has 7 heteroatoms. The van der Waals surface area contributed by atoms with Gasteiger partial charge in [-0.05, 0) is 25.1 Å². The van der Waals surface area contributed by atoms with Crippen molar-refractivity contribution >= 4 is 34.8 Å². The van der Waals surface area contributed by atoms with E-state index in [0.29, 0.717) is 0 Å². The Hall–Kier alpha value is -0.445. The number of nitrogens with zero attached hydrogens (tertiary/aromatic N) is 3. The molecule has 2 aromatic rings. The minimum atomic E-state index is -0.0779. The maximum Gasteiger partial charge on any atom is 1.00 e. The number of nitrogens with two attached hydrogens (primary N) is 1. The van der Waals surface area contributed by atoms with E-state index in [9.17, 15) is 0 Å². The van der Waals surface area contributed by atoms with E-state index in [-0.39, 0.29) is 43.4 Å². The summed E-state index contributed by atoms with van der Waals surface area (Å²) in [6.07, 6.45) is 1.72. The number of nitriles is 1. The van der Waals surface area contributed by atoms with Gasteiger partial charge in [0.2, 0.25) is 0 Å². The van der Waals surface area contributed by atoms with Gasteiger partial charge in [-0.15, -0.1) is 0 Å². The maximum absolute atomic E-state index is 7.43. The third kappa shape index (κ3) is 5.05. The van der Waals surface area contributed by atoms with Gasteiger partial charge in [-0.25, -0.2) is 4.98 Å². The molecule has 0 spiro atoms. The van der Waals surface area contributed by atoms with Gasteiger partial charge in [0.05, 0.1) is 30.8 Å². The van der Waals surface area contributed by atoms with Gasteiger partial charge in [-0.1, -0.05) is 15.9 Å². The summed E-state index contributed by atoms with van der Waals surface area (Å²) in [6.45, 7) is 1.90. The molecule has 1 aromatic carbocycles. The van der Waals surface area contributed by atoms with Crippen LogP contribution in [0, 0.1) is 11.2 Å². The topological polar surface area (TPSA) is 75.6 Å². The van der Waals surface area contributed by atoms with E-state index in [0.717, 1.165) is 21.2 Å². The van der Waals surface area contributed by atoms with Crippen molar-refractivity contribution < 1.29 is 29.6 Å². The first-order valence-electron chi connectivity index (χ1n) is 4.57. The Morgan fingerprint density at radius 2 is 2.06 bits per heavy atom. The average molecular weight is 315 g/mol. The Labute approximate surface area is 138 Å². The molecule has 0 radical (unpaired) electrons. The second kappa shape index (κ2) is 8.62. The van der Waals surface area contributed by atoms with Crippen molar-refractivity contribution in [2.45, 2.75) is 13.0 Å². The maximum atomic E-state index is 7.43. The zero-order valence-electron chi connectivity index (χ0n) is 9.68. The van der Waals surface area contributed by atoms with E-state index in [1.165, 1.54) is 0 Å². The van der Waals surface area contributed by atoms with Crippen molar-refractivity contribution in [1.82, 2.24) is 9.97 Å². The molecule has 0 aliphatic rings. The van der Waals surface area contributed by atoms with Gasteiger partial charge in [0.15, 0.2) is 0 Å². The molecule has 1 unspecified atom stereocenters. The molecule has 1 atom stereocenters. The Morgan fingerprint density at radius 1 is 1.44 bits per heavy atom. The number of rotatable bonds is 1. The molecule has 0 bridgehead atoms. The molecular weight excluding hydrogens is 302 g/mol. The molecular formula is C11H13BBrN4Na. The number of halogens is 1.